The molecule has 0 aliphatic carbocycles. The molecule has 2 amide bonds. The van der Waals surface area contributed by atoms with Crippen LogP contribution >= 0.6 is 0 Å². The first-order valence-electron chi connectivity index (χ1n) is 10.8. The van der Waals surface area contributed by atoms with Crippen molar-refractivity contribution in [3.05, 3.63) is 47.0 Å². The van der Waals surface area contributed by atoms with Gasteiger partial charge in [-0.1, -0.05) is 0 Å². The number of carbonyl (C=O) groups is 2. The molecule has 2 saturated heterocycles. The quantitative estimate of drug-likeness (QED) is 0.704. The molecule has 0 bridgehead atoms. The Morgan fingerprint density at radius 2 is 1.84 bits per heavy atom. The van der Waals surface area contributed by atoms with Crippen molar-refractivity contribution in [1.29, 1.82) is 0 Å². The van der Waals surface area contributed by atoms with Gasteiger partial charge in [0.05, 0.1) is 50.3 Å². The number of hydrogen-bond acceptors (Lipinski definition) is 7. The van der Waals surface area contributed by atoms with Gasteiger partial charge in [0.25, 0.3) is 11.8 Å². The van der Waals surface area contributed by atoms with E-state index >= 15 is 0 Å². The van der Waals surface area contributed by atoms with Crippen molar-refractivity contribution < 1.29 is 23.8 Å². The van der Waals surface area contributed by atoms with Gasteiger partial charge in [-0.25, -0.2) is 9.97 Å². The molecule has 1 aromatic carbocycles. The monoisotopic (exact) mass is 440 g/mol. The molecular weight excluding hydrogens is 412 g/mol. The predicted molar refractivity (Wildman–Crippen MR) is 116 cm³/mol. The van der Waals surface area contributed by atoms with Gasteiger partial charge in [-0.2, -0.15) is 0 Å². The van der Waals surface area contributed by atoms with Crippen molar-refractivity contribution in [2.24, 2.45) is 0 Å². The van der Waals surface area contributed by atoms with E-state index in [4.69, 9.17) is 14.2 Å². The van der Waals surface area contributed by atoms with Gasteiger partial charge in [0.2, 0.25) is 0 Å². The number of nitrogens with zero attached hydrogens (tertiary/aromatic N) is 4. The molecule has 2 fully saturated rings. The van der Waals surface area contributed by atoms with Crippen molar-refractivity contribution in [2.75, 3.05) is 47.1 Å². The third kappa shape index (κ3) is 4.25. The van der Waals surface area contributed by atoms with E-state index in [1.165, 1.54) is 7.11 Å². The van der Waals surface area contributed by atoms with Gasteiger partial charge < -0.3 is 24.0 Å². The minimum absolute atomic E-state index is 0.0854. The predicted octanol–water partition coefficient (Wildman–Crippen LogP) is 2.25. The number of carbonyl (C=O) groups excluding carboxylic acids is 2. The molecule has 32 heavy (non-hydrogen) atoms. The average Bonchev–Trinajstić information content (AvgIpc) is 3.33. The highest BCUT2D eigenvalue weighted by molar-refractivity contribution is 5.98. The molecule has 3 heterocycles. The molecule has 2 aliphatic rings. The molecule has 2 aliphatic heterocycles. The van der Waals surface area contributed by atoms with Gasteiger partial charge in [0.1, 0.15) is 11.5 Å². The summed E-state index contributed by atoms with van der Waals surface area (Å²) in [7, 11) is 3.10. The molecule has 4 rings (SSSR count). The number of benzene rings is 1. The number of hydrogen-bond donors (Lipinski definition) is 0. The van der Waals surface area contributed by atoms with Crippen molar-refractivity contribution in [1.82, 2.24) is 19.8 Å². The van der Waals surface area contributed by atoms with Crippen molar-refractivity contribution in [3.63, 3.8) is 0 Å². The highest BCUT2D eigenvalue weighted by Crippen LogP contribution is 2.34. The van der Waals surface area contributed by atoms with Gasteiger partial charge in [0, 0.05) is 25.8 Å². The maximum Gasteiger partial charge on any atom is 0.258 e. The number of ether oxygens (including phenoxy) is 3. The summed E-state index contributed by atoms with van der Waals surface area (Å²) < 4.78 is 16.0. The number of methoxy groups -OCH3 is 2. The second-order valence-corrected chi connectivity index (χ2v) is 7.85. The molecule has 0 radical (unpaired) electrons. The number of aryl methyl sites for hydroxylation is 1. The summed E-state index contributed by atoms with van der Waals surface area (Å²) in [4.78, 5) is 38.9. The van der Waals surface area contributed by atoms with Gasteiger partial charge in [-0.05, 0) is 38.0 Å². The van der Waals surface area contributed by atoms with Gasteiger partial charge >= 0.3 is 0 Å². The Morgan fingerprint density at radius 3 is 2.53 bits per heavy atom. The van der Waals surface area contributed by atoms with Crippen LogP contribution in [0.15, 0.2) is 24.4 Å². The molecule has 1 atom stereocenters. The zero-order valence-electron chi connectivity index (χ0n) is 18.7. The SMILES string of the molecule is COc1ccc(OC)c(C(=O)N2CCC[C@H]2c2ncc(C(=O)N3CCOCC3)c(C)n2)c1. The lowest BCUT2D eigenvalue weighted by Gasteiger charge is -2.28. The van der Waals surface area contributed by atoms with Gasteiger partial charge in [0.15, 0.2) is 5.82 Å². The number of aromatic nitrogens is 2. The van der Waals surface area contributed by atoms with E-state index in [9.17, 15) is 9.59 Å². The van der Waals surface area contributed by atoms with Crippen LogP contribution in [0.1, 0.15) is 51.1 Å². The summed E-state index contributed by atoms with van der Waals surface area (Å²) >= 11 is 0. The van der Waals surface area contributed by atoms with E-state index in [0.29, 0.717) is 67.0 Å². The summed E-state index contributed by atoms with van der Waals surface area (Å²) in [6.07, 6.45) is 3.19. The first-order chi connectivity index (χ1) is 15.5. The Kier molecular flexibility index (Phi) is 6.55. The number of morpholine rings is 1. The fraction of sp³-hybridized carbons (Fsp3) is 0.478. The lowest BCUT2D eigenvalue weighted by atomic mass is 10.1. The Morgan fingerprint density at radius 1 is 1.06 bits per heavy atom. The maximum absolute atomic E-state index is 13.4. The molecule has 9 nitrogen and oxygen atoms in total. The minimum Gasteiger partial charge on any atom is -0.497 e. The normalized spacial score (nSPS) is 18.5. The van der Waals surface area contributed by atoms with E-state index < -0.39 is 0 Å². The molecule has 0 unspecified atom stereocenters. The van der Waals surface area contributed by atoms with Crippen LogP contribution in [0.3, 0.4) is 0 Å². The van der Waals surface area contributed by atoms with Crippen molar-refractivity contribution >= 4 is 11.8 Å². The van der Waals surface area contributed by atoms with E-state index in [2.05, 4.69) is 9.97 Å². The topological polar surface area (TPSA) is 94.1 Å². The average molecular weight is 441 g/mol. The fourth-order valence-corrected chi connectivity index (χ4v) is 4.21. The Labute approximate surface area is 187 Å². The standard InChI is InChI=1S/C23H28N4O5/c1-15-18(22(28)26-9-11-32-12-10-26)14-24-21(25-15)19-5-4-8-27(19)23(29)17-13-16(30-2)6-7-20(17)31-3/h6-7,13-14,19H,4-5,8-12H2,1-3H3/t19-/m0/s1. The molecule has 9 heteroatoms. The first kappa shape index (κ1) is 22.0. The number of rotatable bonds is 5. The molecule has 0 spiro atoms. The van der Waals surface area contributed by atoms with Crippen LogP contribution in [0.4, 0.5) is 0 Å². The van der Waals surface area contributed by atoms with E-state index in [1.54, 1.807) is 41.3 Å². The Hall–Kier alpha value is -3.20. The molecule has 2 aromatic rings. The van der Waals surface area contributed by atoms with Gasteiger partial charge in [-0.15, -0.1) is 0 Å². The van der Waals surface area contributed by atoms with E-state index in [1.807, 2.05) is 6.92 Å². The molecule has 170 valence electrons. The largest absolute Gasteiger partial charge is 0.497 e. The van der Waals surface area contributed by atoms with Crippen molar-refractivity contribution in [3.8, 4) is 11.5 Å². The Balaban J connectivity index is 1.58. The second-order valence-electron chi connectivity index (χ2n) is 7.85. The second kappa shape index (κ2) is 9.52. The summed E-state index contributed by atoms with van der Waals surface area (Å²) in [5.41, 5.74) is 1.54. The van der Waals surface area contributed by atoms with Crippen LogP contribution < -0.4 is 9.47 Å². The van der Waals surface area contributed by atoms with Crippen LogP contribution in [-0.4, -0.2) is 78.6 Å². The molecular formula is C23H28N4O5. The highest BCUT2D eigenvalue weighted by atomic mass is 16.5. The summed E-state index contributed by atoms with van der Waals surface area (Å²) in [5, 5.41) is 0. The summed E-state index contributed by atoms with van der Waals surface area (Å²) in [6, 6.07) is 4.91. The highest BCUT2D eigenvalue weighted by Gasteiger charge is 2.34. The molecule has 1 aromatic heterocycles. The van der Waals surface area contributed by atoms with Crippen LogP contribution in [0, 0.1) is 6.92 Å². The zero-order valence-corrected chi connectivity index (χ0v) is 18.7. The lowest BCUT2D eigenvalue weighted by Crippen LogP contribution is -2.41. The third-order valence-electron chi connectivity index (χ3n) is 5.98. The van der Waals surface area contributed by atoms with Crippen LogP contribution in [0.2, 0.25) is 0 Å². The molecule has 0 N–H and O–H groups in total. The summed E-state index contributed by atoms with van der Waals surface area (Å²) in [6.45, 7) is 4.61. The molecule has 0 saturated carbocycles. The number of amides is 2. The van der Waals surface area contributed by atoms with Crippen molar-refractivity contribution in [2.45, 2.75) is 25.8 Å². The maximum atomic E-state index is 13.4. The summed E-state index contributed by atoms with van der Waals surface area (Å²) in [5.74, 6) is 1.39. The lowest BCUT2D eigenvalue weighted by molar-refractivity contribution is 0.0301. The van der Waals surface area contributed by atoms with Crippen LogP contribution in [-0.2, 0) is 4.74 Å². The first-order valence-corrected chi connectivity index (χ1v) is 10.8. The fourth-order valence-electron chi connectivity index (χ4n) is 4.21. The van der Waals surface area contributed by atoms with Gasteiger partial charge in [-0.3, -0.25) is 9.59 Å². The van der Waals surface area contributed by atoms with E-state index in [0.717, 1.165) is 12.8 Å². The Bertz CT molecular complexity index is 1010. The third-order valence-corrected chi connectivity index (χ3v) is 5.98. The zero-order chi connectivity index (χ0) is 22.7. The number of likely N-dealkylation sites (tertiary alicyclic amines) is 1. The minimum atomic E-state index is -0.260. The van der Waals surface area contributed by atoms with Crippen LogP contribution in [0.5, 0.6) is 11.5 Å². The smallest absolute Gasteiger partial charge is 0.258 e. The van der Waals surface area contributed by atoms with E-state index in [-0.39, 0.29) is 17.9 Å². The van der Waals surface area contributed by atoms with Crippen LogP contribution in [0.25, 0.3) is 0 Å².